The Balaban J connectivity index is 1.56. The summed E-state index contributed by atoms with van der Waals surface area (Å²) in [4.78, 5) is 22.9. The Labute approximate surface area is 196 Å². The van der Waals surface area contributed by atoms with Gasteiger partial charge in [0, 0.05) is 23.0 Å². The average molecular weight is 464 g/mol. The lowest BCUT2D eigenvalue weighted by atomic mass is 10.1. The molecular formula is C25H25N3O4S. The highest BCUT2D eigenvalue weighted by molar-refractivity contribution is 7.21. The highest BCUT2D eigenvalue weighted by Gasteiger charge is 2.18. The van der Waals surface area contributed by atoms with E-state index in [0.717, 1.165) is 20.9 Å². The molecule has 0 fully saturated rings. The van der Waals surface area contributed by atoms with E-state index >= 15 is 0 Å². The van der Waals surface area contributed by atoms with Crippen molar-refractivity contribution in [3.63, 3.8) is 0 Å². The maximum atomic E-state index is 13.0. The van der Waals surface area contributed by atoms with Gasteiger partial charge in [0.1, 0.15) is 15.4 Å². The van der Waals surface area contributed by atoms with Crippen molar-refractivity contribution in [2.75, 3.05) is 25.1 Å². The second-order valence-corrected chi connectivity index (χ2v) is 7.96. The summed E-state index contributed by atoms with van der Waals surface area (Å²) in [6, 6.07) is 14.7. The molecule has 0 radical (unpaired) electrons. The van der Waals surface area contributed by atoms with Crippen molar-refractivity contribution in [1.29, 1.82) is 0 Å². The Bertz CT molecular complexity index is 1190. The van der Waals surface area contributed by atoms with E-state index in [1.165, 1.54) is 11.3 Å². The fourth-order valence-electron chi connectivity index (χ4n) is 3.31. The van der Waals surface area contributed by atoms with Crippen LogP contribution in [-0.2, 0) is 0 Å². The fourth-order valence-corrected chi connectivity index (χ4v) is 4.23. The van der Waals surface area contributed by atoms with E-state index in [9.17, 15) is 4.79 Å². The SMILES string of the molecule is CCOc1cc(C(=O)Nc2ccc(-c3nc4cccnc4s3)cc2)cc(OCC)c1OCC. The molecule has 4 aromatic rings. The summed E-state index contributed by atoms with van der Waals surface area (Å²) in [5.41, 5.74) is 2.94. The van der Waals surface area contributed by atoms with Crippen molar-refractivity contribution in [3.8, 4) is 27.8 Å². The molecule has 0 aliphatic heterocycles. The Morgan fingerprint density at radius 3 is 2.21 bits per heavy atom. The van der Waals surface area contributed by atoms with Crippen LogP contribution in [0.25, 0.3) is 20.9 Å². The molecule has 0 aliphatic carbocycles. The quantitative estimate of drug-likeness (QED) is 0.337. The van der Waals surface area contributed by atoms with E-state index in [-0.39, 0.29) is 5.91 Å². The number of thiazole rings is 1. The Hall–Kier alpha value is -3.65. The van der Waals surface area contributed by atoms with Gasteiger partial charge in [-0.3, -0.25) is 4.79 Å². The normalized spacial score (nSPS) is 10.8. The van der Waals surface area contributed by atoms with E-state index in [2.05, 4.69) is 15.3 Å². The molecule has 1 N–H and O–H groups in total. The van der Waals surface area contributed by atoms with Gasteiger partial charge in [-0.15, -0.1) is 0 Å². The van der Waals surface area contributed by atoms with Crippen LogP contribution in [0.1, 0.15) is 31.1 Å². The molecule has 8 heteroatoms. The minimum Gasteiger partial charge on any atom is -0.490 e. The first kappa shape index (κ1) is 22.5. The topological polar surface area (TPSA) is 82.6 Å². The van der Waals surface area contributed by atoms with Crippen molar-refractivity contribution in [2.24, 2.45) is 0 Å². The van der Waals surface area contributed by atoms with Gasteiger partial charge < -0.3 is 19.5 Å². The smallest absolute Gasteiger partial charge is 0.255 e. The molecule has 1 amide bonds. The second kappa shape index (κ2) is 10.3. The van der Waals surface area contributed by atoms with E-state index in [1.807, 2.05) is 57.2 Å². The zero-order valence-electron chi connectivity index (χ0n) is 18.8. The molecule has 0 saturated heterocycles. The largest absolute Gasteiger partial charge is 0.490 e. The maximum absolute atomic E-state index is 13.0. The highest BCUT2D eigenvalue weighted by Crippen LogP contribution is 2.39. The predicted octanol–water partition coefficient (Wildman–Crippen LogP) is 5.81. The minimum absolute atomic E-state index is 0.267. The molecule has 33 heavy (non-hydrogen) atoms. The molecule has 0 bridgehead atoms. The zero-order chi connectivity index (χ0) is 23.2. The molecule has 0 unspecified atom stereocenters. The van der Waals surface area contributed by atoms with Gasteiger partial charge in [-0.05, 0) is 69.3 Å². The molecule has 0 atom stereocenters. The van der Waals surface area contributed by atoms with Crippen LogP contribution in [0.4, 0.5) is 5.69 Å². The number of carbonyl (C=O) groups is 1. The first-order valence-corrected chi connectivity index (χ1v) is 11.6. The Morgan fingerprint density at radius 2 is 1.61 bits per heavy atom. The average Bonchev–Trinajstić information content (AvgIpc) is 3.26. The Kier molecular flexibility index (Phi) is 7.04. The number of fused-ring (bicyclic) bond motifs is 1. The van der Waals surface area contributed by atoms with Crippen molar-refractivity contribution in [2.45, 2.75) is 20.8 Å². The molecule has 4 rings (SSSR count). The third-order valence-corrected chi connectivity index (χ3v) is 5.76. The van der Waals surface area contributed by atoms with Crippen LogP contribution in [0.3, 0.4) is 0 Å². The molecule has 0 spiro atoms. The lowest BCUT2D eigenvalue weighted by Gasteiger charge is -2.17. The monoisotopic (exact) mass is 463 g/mol. The van der Waals surface area contributed by atoms with Gasteiger partial charge >= 0.3 is 0 Å². The van der Waals surface area contributed by atoms with Crippen LogP contribution in [0.15, 0.2) is 54.7 Å². The molecule has 2 heterocycles. The molecule has 0 aliphatic rings. The van der Waals surface area contributed by atoms with Crippen LogP contribution in [0.5, 0.6) is 17.2 Å². The summed E-state index contributed by atoms with van der Waals surface area (Å²) in [6.45, 7) is 7.00. The first-order valence-electron chi connectivity index (χ1n) is 10.8. The van der Waals surface area contributed by atoms with Crippen LogP contribution >= 0.6 is 11.3 Å². The van der Waals surface area contributed by atoms with Gasteiger partial charge in [-0.25, -0.2) is 9.97 Å². The lowest BCUT2D eigenvalue weighted by molar-refractivity contribution is 0.102. The molecule has 7 nitrogen and oxygen atoms in total. The molecule has 0 saturated carbocycles. The van der Waals surface area contributed by atoms with Crippen molar-refractivity contribution < 1.29 is 19.0 Å². The number of benzene rings is 2. The number of ether oxygens (including phenoxy) is 3. The van der Waals surface area contributed by atoms with Crippen molar-refractivity contribution in [1.82, 2.24) is 9.97 Å². The third-order valence-electron chi connectivity index (χ3n) is 4.73. The number of aromatic nitrogens is 2. The van der Waals surface area contributed by atoms with Gasteiger partial charge in [-0.2, -0.15) is 0 Å². The van der Waals surface area contributed by atoms with Gasteiger partial charge in [0.15, 0.2) is 11.5 Å². The number of nitrogens with zero attached hydrogens (tertiary/aromatic N) is 2. The van der Waals surface area contributed by atoms with Crippen LogP contribution in [-0.4, -0.2) is 35.7 Å². The number of nitrogens with one attached hydrogen (secondary N) is 1. The van der Waals surface area contributed by atoms with Crippen molar-refractivity contribution in [3.05, 3.63) is 60.3 Å². The third kappa shape index (κ3) is 5.06. The fraction of sp³-hybridized carbons (Fsp3) is 0.240. The van der Waals surface area contributed by atoms with E-state index in [1.54, 1.807) is 18.3 Å². The first-order chi connectivity index (χ1) is 16.1. The van der Waals surface area contributed by atoms with E-state index < -0.39 is 0 Å². The highest BCUT2D eigenvalue weighted by atomic mass is 32.1. The number of hydrogen-bond donors (Lipinski definition) is 1. The number of amides is 1. The summed E-state index contributed by atoms with van der Waals surface area (Å²) < 4.78 is 17.1. The van der Waals surface area contributed by atoms with Gasteiger partial charge in [0.2, 0.25) is 5.75 Å². The number of rotatable bonds is 9. The van der Waals surface area contributed by atoms with Gasteiger partial charge in [0.25, 0.3) is 5.91 Å². The maximum Gasteiger partial charge on any atom is 0.255 e. The summed E-state index contributed by atoms with van der Waals surface area (Å²) >= 11 is 1.54. The standard InChI is InChI=1S/C25H25N3O4S/c1-4-30-20-14-17(15-21(31-5-2)22(20)32-6-3)23(29)27-18-11-9-16(10-12-18)24-28-19-8-7-13-26-25(19)33-24/h7-15H,4-6H2,1-3H3,(H,27,29). The van der Waals surface area contributed by atoms with Gasteiger partial charge in [0.05, 0.1) is 19.8 Å². The van der Waals surface area contributed by atoms with E-state index in [0.29, 0.717) is 48.3 Å². The van der Waals surface area contributed by atoms with E-state index in [4.69, 9.17) is 14.2 Å². The van der Waals surface area contributed by atoms with Crippen LogP contribution in [0.2, 0.25) is 0 Å². The zero-order valence-corrected chi connectivity index (χ0v) is 19.6. The number of carbonyl (C=O) groups excluding carboxylic acids is 1. The minimum atomic E-state index is -0.267. The molecule has 2 aromatic heterocycles. The predicted molar refractivity (Wildman–Crippen MR) is 131 cm³/mol. The Morgan fingerprint density at radius 1 is 0.939 bits per heavy atom. The van der Waals surface area contributed by atoms with Crippen molar-refractivity contribution >= 4 is 33.3 Å². The molecular weight excluding hydrogens is 438 g/mol. The summed E-state index contributed by atoms with van der Waals surface area (Å²) in [5.74, 6) is 1.20. The number of pyridine rings is 1. The lowest BCUT2D eigenvalue weighted by Crippen LogP contribution is -2.13. The summed E-state index contributed by atoms with van der Waals surface area (Å²) in [5, 5.41) is 3.82. The molecule has 2 aromatic carbocycles. The summed E-state index contributed by atoms with van der Waals surface area (Å²) in [6.07, 6.45) is 1.76. The summed E-state index contributed by atoms with van der Waals surface area (Å²) in [7, 11) is 0. The number of hydrogen-bond acceptors (Lipinski definition) is 7. The second-order valence-electron chi connectivity index (χ2n) is 6.98. The number of anilines is 1. The van der Waals surface area contributed by atoms with Gasteiger partial charge in [-0.1, -0.05) is 11.3 Å². The van der Waals surface area contributed by atoms with Crippen LogP contribution < -0.4 is 19.5 Å². The molecule has 170 valence electrons. The van der Waals surface area contributed by atoms with Crippen LogP contribution in [0, 0.1) is 0 Å².